The number of nitrogens with two attached hydrogens (primary N) is 2. The van der Waals surface area contributed by atoms with Gasteiger partial charge in [-0.3, -0.25) is 43.4 Å². The summed E-state index contributed by atoms with van der Waals surface area (Å²) >= 11 is 0. The van der Waals surface area contributed by atoms with Gasteiger partial charge in [-0.25, -0.2) is 0 Å². The van der Waals surface area contributed by atoms with Crippen LogP contribution in [0.25, 0.3) is 0 Å². The van der Waals surface area contributed by atoms with Crippen LogP contribution in [0.5, 0.6) is 0 Å². The second-order valence-corrected chi connectivity index (χ2v) is 10.4. The van der Waals surface area contributed by atoms with E-state index in [9.17, 15) is 48.9 Å². The van der Waals surface area contributed by atoms with Crippen molar-refractivity contribution in [1.29, 1.82) is 0 Å². The van der Waals surface area contributed by atoms with Gasteiger partial charge in [-0.05, 0) is 12.8 Å². The molecule has 0 aliphatic heterocycles. The highest BCUT2D eigenvalue weighted by atomic mass is 16.4. The van der Waals surface area contributed by atoms with Gasteiger partial charge >= 0.3 is 41.8 Å². The first-order valence-corrected chi connectivity index (χ1v) is 12.9. The van der Waals surface area contributed by atoms with Crippen LogP contribution in [0.2, 0.25) is 0 Å². The maximum absolute atomic E-state index is 11.3. The Morgan fingerprint density at radius 2 is 0.930 bits per heavy atom. The van der Waals surface area contributed by atoms with Gasteiger partial charge in [0.15, 0.2) is 0 Å². The molecule has 1 aliphatic carbocycles. The first-order valence-electron chi connectivity index (χ1n) is 12.9. The molecule has 246 valence electrons. The molecule has 0 heterocycles. The third-order valence-electron chi connectivity index (χ3n) is 7.21. The summed E-state index contributed by atoms with van der Waals surface area (Å²) in [6.07, 6.45) is -2.57. The Hall–Kier alpha value is -3.91. The van der Waals surface area contributed by atoms with Crippen LogP contribution in [0.3, 0.4) is 0 Å². The zero-order chi connectivity index (χ0) is 33.6. The molecule has 43 heavy (non-hydrogen) atoms. The van der Waals surface area contributed by atoms with Gasteiger partial charge in [-0.15, -0.1) is 0 Å². The number of carboxylic acids is 7. The standard InChI is InChI=1S/C14H22N2O8.C10H18N2O7/c15-13(6-10(21)22)3-1-2-12(4-8(17)18,5-9(19)20)14(13,16)7-11(23)24;13-4-3-11(5-8(14)15)1-2-12(6-9(16)17)7-10(18)19/h1-7,15-16H2,(H,17,18)(H,19,20)(H,21,22)(H,23,24);13H,1-7H2,(H,14,15)(H,16,17)(H,18,19). The summed E-state index contributed by atoms with van der Waals surface area (Å²) in [4.78, 5) is 79.4. The van der Waals surface area contributed by atoms with Gasteiger partial charge in [0.25, 0.3) is 0 Å². The summed E-state index contributed by atoms with van der Waals surface area (Å²) in [5, 5.41) is 71.4. The highest BCUT2D eigenvalue weighted by Crippen LogP contribution is 2.54. The molecule has 0 radical (unpaired) electrons. The summed E-state index contributed by atoms with van der Waals surface area (Å²) in [7, 11) is 0. The topological polar surface area (TPSA) is 340 Å². The lowest BCUT2D eigenvalue weighted by molar-refractivity contribution is -0.158. The van der Waals surface area contributed by atoms with Crippen LogP contribution in [0.15, 0.2) is 0 Å². The third-order valence-corrected chi connectivity index (χ3v) is 7.21. The average Bonchev–Trinajstić information content (AvgIpc) is 2.79. The monoisotopic (exact) mass is 624 g/mol. The van der Waals surface area contributed by atoms with Gasteiger partial charge in [0, 0.05) is 30.6 Å². The Labute approximate surface area is 245 Å². The van der Waals surface area contributed by atoms with E-state index in [0.29, 0.717) is 0 Å². The van der Waals surface area contributed by atoms with Crippen LogP contribution >= 0.6 is 0 Å². The highest BCUT2D eigenvalue weighted by molar-refractivity contribution is 5.76. The lowest BCUT2D eigenvalue weighted by atomic mass is 9.49. The number of carboxylic acid groups (broad SMARTS) is 7. The zero-order valence-corrected chi connectivity index (χ0v) is 23.4. The van der Waals surface area contributed by atoms with Gasteiger partial charge in [0.2, 0.25) is 0 Å². The smallest absolute Gasteiger partial charge is 0.317 e. The Kier molecular flexibility index (Phi) is 15.7. The van der Waals surface area contributed by atoms with Crippen molar-refractivity contribution < 1.29 is 74.4 Å². The molecule has 1 saturated carbocycles. The van der Waals surface area contributed by atoms with Gasteiger partial charge in [-0.2, -0.15) is 0 Å². The van der Waals surface area contributed by atoms with E-state index in [0.717, 1.165) is 0 Å². The summed E-state index contributed by atoms with van der Waals surface area (Å²) in [5.74, 6) is -8.82. The third kappa shape index (κ3) is 12.9. The number of aliphatic carboxylic acids is 7. The molecule has 0 saturated heterocycles. The van der Waals surface area contributed by atoms with Gasteiger partial charge in [-0.1, -0.05) is 6.42 Å². The SMILES string of the molecule is NC1(CC(=O)O)CCCC(CC(=O)O)(CC(=O)O)C1(N)CC(=O)O.O=C(O)CN(CCO)CCN(CC(=O)O)CC(=O)O. The predicted molar refractivity (Wildman–Crippen MR) is 142 cm³/mol. The lowest BCUT2D eigenvalue weighted by Gasteiger charge is -2.59. The number of aliphatic hydroxyl groups excluding tert-OH is 1. The Balaban J connectivity index is 0.000000846. The van der Waals surface area contributed by atoms with Crippen molar-refractivity contribution >= 4 is 41.8 Å². The number of hydrogen-bond donors (Lipinski definition) is 10. The van der Waals surface area contributed by atoms with E-state index in [-0.39, 0.29) is 52.0 Å². The second-order valence-electron chi connectivity index (χ2n) is 10.4. The Morgan fingerprint density at radius 3 is 1.30 bits per heavy atom. The summed E-state index contributed by atoms with van der Waals surface area (Å²) in [5.41, 5.74) is 7.03. The van der Waals surface area contributed by atoms with Crippen molar-refractivity contribution in [3.8, 4) is 0 Å². The molecule has 19 nitrogen and oxygen atoms in total. The van der Waals surface area contributed by atoms with Gasteiger partial charge in [0.05, 0.1) is 57.5 Å². The highest BCUT2D eigenvalue weighted by Gasteiger charge is 2.63. The second kappa shape index (κ2) is 17.3. The fourth-order valence-electron chi connectivity index (χ4n) is 5.45. The fourth-order valence-corrected chi connectivity index (χ4v) is 5.45. The molecular weight excluding hydrogens is 584 g/mol. The zero-order valence-electron chi connectivity index (χ0n) is 23.4. The predicted octanol–water partition coefficient (Wildman–Crippen LogP) is -2.71. The minimum Gasteiger partial charge on any atom is -0.481 e. The molecule has 0 spiro atoms. The molecule has 2 unspecified atom stereocenters. The summed E-state index contributed by atoms with van der Waals surface area (Å²) in [6, 6.07) is 0. The molecular formula is C24H40N4O15. The normalized spacial score (nSPS) is 21.0. The number of carbonyl (C=O) groups is 7. The number of rotatable bonds is 19. The maximum Gasteiger partial charge on any atom is 0.317 e. The molecule has 1 fully saturated rings. The molecule has 1 rings (SSSR count). The minimum atomic E-state index is -2.00. The van der Waals surface area contributed by atoms with Crippen LogP contribution in [0.1, 0.15) is 44.9 Å². The quantitative estimate of drug-likeness (QED) is 0.0697. The number of aliphatic hydroxyl groups is 1. The first-order chi connectivity index (χ1) is 19.7. The van der Waals surface area contributed by atoms with E-state index in [2.05, 4.69) is 0 Å². The van der Waals surface area contributed by atoms with Crippen LogP contribution < -0.4 is 11.5 Å². The molecule has 2 atom stereocenters. The molecule has 12 N–H and O–H groups in total. The summed E-state index contributed by atoms with van der Waals surface area (Å²) in [6.45, 7) is -1.03. The largest absolute Gasteiger partial charge is 0.481 e. The van der Waals surface area contributed by atoms with E-state index in [1.54, 1.807) is 0 Å². The number of nitrogens with zero attached hydrogens (tertiary/aromatic N) is 2. The van der Waals surface area contributed by atoms with Gasteiger partial charge < -0.3 is 52.3 Å². The molecule has 0 amide bonds. The Bertz CT molecular complexity index is 1010. The van der Waals surface area contributed by atoms with Crippen LogP contribution in [-0.2, 0) is 33.6 Å². The van der Waals surface area contributed by atoms with Crippen LogP contribution in [0.4, 0.5) is 0 Å². The van der Waals surface area contributed by atoms with Crippen molar-refractivity contribution in [3.63, 3.8) is 0 Å². The maximum atomic E-state index is 11.3. The van der Waals surface area contributed by atoms with Crippen molar-refractivity contribution in [2.24, 2.45) is 16.9 Å². The van der Waals surface area contributed by atoms with Crippen LogP contribution in [0, 0.1) is 5.41 Å². The molecule has 19 heteroatoms. The van der Waals surface area contributed by atoms with Gasteiger partial charge in [0.1, 0.15) is 0 Å². The molecule has 0 aromatic rings. The molecule has 1 aliphatic rings. The first kappa shape index (κ1) is 39.1. The Morgan fingerprint density at radius 1 is 0.535 bits per heavy atom. The minimum absolute atomic E-state index is 0.0357. The van der Waals surface area contributed by atoms with E-state index >= 15 is 0 Å². The van der Waals surface area contributed by atoms with E-state index in [1.807, 2.05) is 0 Å². The van der Waals surface area contributed by atoms with Crippen LogP contribution in [-0.4, -0.2) is 149 Å². The lowest BCUT2D eigenvalue weighted by Crippen LogP contribution is -2.76. The molecule has 0 aromatic carbocycles. The van der Waals surface area contributed by atoms with Crippen molar-refractivity contribution in [1.82, 2.24) is 9.80 Å². The molecule has 0 bridgehead atoms. The van der Waals surface area contributed by atoms with E-state index in [4.69, 9.17) is 37.0 Å². The van der Waals surface area contributed by atoms with Crippen molar-refractivity contribution in [2.75, 3.05) is 45.9 Å². The fraction of sp³-hybridized carbons (Fsp3) is 0.708. The van der Waals surface area contributed by atoms with E-state index in [1.165, 1.54) is 9.80 Å². The number of hydrogen-bond acceptors (Lipinski definition) is 12. The average molecular weight is 625 g/mol. The van der Waals surface area contributed by atoms with E-state index < -0.39 is 97.1 Å². The van der Waals surface area contributed by atoms with Crippen molar-refractivity contribution in [3.05, 3.63) is 0 Å². The summed E-state index contributed by atoms with van der Waals surface area (Å²) < 4.78 is 0. The van der Waals surface area contributed by atoms with Crippen molar-refractivity contribution in [2.45, 2.75) is 56.0 Å². The molecule has 0 aromatic heterocycles.